The molecule has 27 heavy (non-hydrogen) atoms. The number of hydrogen-bond acceptors (Lipinski definition) is 3. The van der Waals surface area contributed by atoms with Crippen LogP contribution in [-0.4, -0.2) is 13.7 Å². The Morgan fingerprint density at radius 3 is 2.19 bits per heavy atom. The summed E-state index contributed by atoms with van der Waals surface area (Å²) in [7, 11) is 1.64. The predicted molar refractivity (Wildman–Crippen MR) is 111 cm³/mol. The molecule has 140 valence electrons. The minimum Gasteiger partial charge on any atom is -0.493 e. The maximum Gasteiger partial charge on any atom is 0.163 e. The van der Waals surface area contributed by atoms with Crippen LogP contribution in [0.5, 0.6) is 11.5 Å². The van der Waals surface area contributed by atoms with Crippen molar-refractivity contribution >= 4 is 11.6 Å². The van der Waals surface area contributed by atoms with Crippen molar-refractivity contribution in [3.05, 3.63) is 94.5 Å². The predicted octanol–water partition coefficient (Wildman–Crippen LogP) is 5.26. The lowest BCUT2D eigenvalue weighted by Crippen LogP contribution is -2.17. The summed E-state index contributed by atoms with van der Waals surface area (Å²) in [5, 5.41) is 4.11. The van der Waals surface area contributed by atoms with E-state index in [0.29, 0.717) is 29.7 Å². The maximum absolute atomic E-state index is 6.46. The number of benzene rings is 3. The Hall–Kier alpha value is -2.49. The molecule has 0 amide bonds. The molecule has 3 aromatic carbocycles. The van der Waals surface area contributed by atoms with Gasteiger partial charge in [0.2, 0.25) is 0 Å². The minimum atomic E-state index is 0.474. The first-order valence-corrected chi connectivity index (χ1v) is 9.42. The van der Waals surface area contributed by atoms with Crippen molar-refractivity contribution in [1.29, 1.82) is 0 Å². The molecule has 0 saturated carbocycles. The van der Waals surface area contributed by atoms with Crippen LogP contribution in [0.25, 0.3) is 0 Å². The van der Waals surface area contributed by atoms with Gasteiger partial charge in [-0.15, -0.1) is 0 Å². The summed E-state index contributed by atoms with van der Waals surface area (Å²) in [4.78, 5) is 0. The van der Waals surface area contributed by atoms with E-state index in [1.165, 1.54) is 5.56 Å². The monoisotopic (exact) mass is 381 g/mol. The van der Waals surface area contributed by atoms with Crippen molar-refractivity contribution in [1.82, 2.24) is 5.32 Å². The zero-order valence-corrected chi connectivity index (χ0v) is 16.2. The van der Waals surface area contributed by atoms with E-state index in [9.17, 15) is 0 Å². The van der Waals surface area contributed by atoms with E-state index in [-0.39, 0.29) is 0 Å². The molecule has 0 unspecified atom stereocenters. The van der Waals surface area contributed by atoms with Crippen LogP contribution in [0.3, 0.4) is 0 Å². The van der Waals surface area contributed by atoms with Crippen LogP contribution in [-0.2, 0) is 19.6 Å². The SMILES string of the molecule is COc1cc(CNCCc2ccccc2)c(Cl)cc1OCc1ccccc1. The van der Waals surface area contributed by atoms with Gasteiger partial charge in [0.05, 0.1) is 7.11 Å². The number of halogens is 1. The first-order chi connectivity index (χ1) is 13.3. The van der Waals surface area contributed by atoms with Crippen LogP contribution in [0.1, 0.15) is 16.7 Å². The highest BCUT2D eigenvalue weighted by Crippen LogP contribution is 2.33. The fraction of sp³-hybridized carbons (Fsp3) is 0.217. The van der Waals surface area contributed by atoms with Gasteiger partial charge in [0.1, 0.15) is 6.61 Å². The smallest absolute Gasteiger partial charge is 0.163 e. The standard InChI is InChI=1S/C23H24ClNO2/c1-26-22-14-20(16-25-13-12-18-8-4-2-5-9-18)21(24)15-23(22)27-17-19-10-6-3-7-11-19/h2-11,14-15,25H,12-13,16-17H2,1H3. The van der Waals surface area contributed by atoms with E-state index in [1.807, 2.05) is 48.5 Å². The van der Waals surface area contributed by atoms with Crippen molar-refractivity contribution in [2.75, 3.05) is 13.7 Å². The summed E-state index contributed by atoms with van der Waals surface area (Å²) in [5.74, 6) is 1.34. The van der Waals surface area contributed by atoms with Gasteiger partial charge in [-0.1, -0.05) is 72.3 Å². The Kier molecular flexibility index (Phi) is 7.14. The molecule has 0 atom stereocenters. The van der Waals surface area contributed by atoms with Crippen LogP contribution < -0.4 is 14.8 Å². The van der Waals surface area contributed by atoms with Crippen LogP contribution in [0.15, 0.2) is 72.8 Å². The Balaban J connectivity index is 1.58. The molecule has 0 spiro atoms. The third-order valence-corrected chi connectivity index (χ3v) is 4.67. The van der Waals surface area contributed by atoms with E-state index >= 15 is 0 Å². The number of methoxy groups -OCH3 is 1. The molecule has 1 N–H and O–H groups in total. The van der Waals surface area contributed by atoms with Crippen molar-refractivity contribution < 1.29 is 9.47 Å². The van der Waals surface area contributed by atoms with Crippen LogP contribution >= 0.6 is 11.6 Å². The summed E-state index contributed by atoms with van der Waals surface area (Å²) in [5.41, 5.74) is 3.41. The van der Waals surface area contributed by atoms with E-state index < -0.39 is 0 Å². The number of rotatable bonds is 9. The number of nitrogens with one attached hydrogen (secondary N) is 1. The quantitative estimate of drug-likeness (QED) is 0.513. The highest BCUT2D eigenvalue weighted by molar-refractivity contribution is 6.31. The Labute approximate surface area is 165 Å². The number of ether oxygens (including phenoxy) is 2. The van der Waals surface area contributed by atoms with Crippen LogP contribution in [0, 0.1) is 0 Å². The second-order valence-corrected chi connectivity index (χ2v) is 6.69. The van der Waals surface area contributed by atoms with E-state index in [4.69, 9.17) is 21.1 Å². The maximum atomic E-state index is 6.46. The molecule has 0 radical (unpaired) electrons. The molecule has 0 aliphatic rings. The zero-order valence-electron chi connectivity index (χ0n) is 15.5. The van der Waals surface area contributed by atoms with E-state index in [2.05, 4.69) is 29.6 Å². The molecule has 0 aromatic heterocycles. The molecule has 3 rings (SSSR count). The first-order valence-electron chi connectivity index (χ1n) is 9.04. The van der Waals surface area contributed by atoms with Gasteiger partial charge in [-0.2, -0.15) is 0 Å². The number of hydrogen-bond donors (Lipinski definition) is 1. The summed E-state index contributed by atoms with van der Waals surface area (Å²) in [6, 6.07) is 24.2. The van der Waals surface area contributed by atoms with Crippen molar-refractivity contribution in [2.45, 2.75) is 19.6 Å². The van der Waals surface area contributed by atoms with Crippen LogP contribution in [0.2, 0.25) is 5.02 Å². The molecular formula is C23H24ClNO2. The average molecular weight is 382 g/mol. The van der Waals surface area contributed by atoms with Gasteiger partial charge >= 0.3 is 0 Å². The molecule has 0 saturated heterocycles. The van der Waals surface area contributed by atoms with Gasteiger partial charge in [0.25, 0.3) is 0 Å². The van der Waals surface area contributed by atoms with Gasteiger partial charge in [-0.05, 0) is 35.7 Å². The largest absolute Gasteiger partial charge is 0.493 e. The summed E-state index contributed by atoms with van der Waals surface area (Å²) < 4.78 is 11.4. The van der Waals surface area contributed by atoms with E-state index in [0.717, 1.165) is 24.1 Å². The molecule has 0 bridgehead atoms. The van der Waals surface area contributed by atoms with Gasteiger partial charge in [-0.3, -0.25) is 0 Å². The molecule has 3 aromatic rings. The third-order valence-electron chi connectivity index (χ3n) is 4.32. The molecule has 3 nitrogen and oxygen atoms in total. The lowest BCUT2D eigenvalue weighted by molar-refractivity contribution is 0.284. The second kappa shape index (κ2) is 10.0. The second-order valence-electron chi connectivity index (χ2n) is 6.28. The van der Waals surface area contributed by atoms with Crippen molar-refractivity contribution in [3.63, 3.8) is 0 Å². The Morgan fingerprint density at radius 1 is 0.852 bits per heavy atom. The lowest BCUT2D eigenvalue weighted by atomic mass is 10.1. The molecule has 0 aliphatic heterocycles. The molecule has 4 heteroatoms. The topological polar surface area (TPSA) is 30.5 Å². The van der Waals surface area contributed by atoms with Gasteiger partial charge in [-0.25, -0.2) is 0 Å². The average Bonchev–Trinajstić information content (AvgIpc) is 2.72. The summed E-state index contributed by atoms with van der Waals surface area (Å²) in [6.07, 6.45) is 0.980. The van der Waals surface area contributed by atoms with E-state index in [1.54, 1.807) is 7.11 Å². The van der Waals surface area contributed by atoms with Gasteiger partial charge in [0, 0.05) is 17.6 Å². The molecular weight excluding hydrogens is 358 g/mol. The zero-order chi connectivity index (χ0) is 18.9. The summed E-state index contributed by atoms with van der Waals surface area (Å²) in [6.45, 7) is 2.04. The minimum absolute atomic E-state index is 0.474. The fourth-order valence-electron chi connectivity index (χ4n) is 2.82. The highest BCUT2D eigenvalue weighted by Gasteiger charge is 2.11. The van der Waals surface area contributed by atoms with Gasteiger partial charge in [0.15, 0.2) is 11.5 Å². The first kappa shape index (κ1) is 19.3. The molecule has 0 fully saturated rings. The van der Waals surface area contributed by atoms with Crippen LogP contribution in [0.4, 0.5) is 0 Å². The van der Waals surface area contributed by atoms with Crippen molar-refractivity contribution in [3.8, 4) is 11.5 Å². The third kappa shape index (κ3) is 5.75. The molecule has 0 aliphatic carbocycles. The van der Waals surface area contributed by atoms with Crippen molar-refractivity contribution in [2.24, 2.45) is 0 Å². The summed E-state index contributed by atoms with van der Waals surface area (Å²) >= 11 is 6.46. The van der Waals surface area contributed by atoms with Gasteiger partial charge < -0.3 is 14.8 Å². The normalized spacial score (nSPS) is 10.6. The lowest BCUT2D eigenvalue weighted by Gasteiger charge is -2.14. The Bertz CT molecular complexity index is 838. The Morgan fingerprint density at radius 2 is 1.52 bits per heavy atom. The molecule has 0 heterocycles. The fourth-order valence-corrected chi connectivity index (χ4v) is 3.04. The highest BCUT2D eigenvalue weighted by atomic mass is 35.5.